The number of anilines is 1. The molecule has 26 heavy (non-hydrogen) atoms. The zero-order valence-corrected chi connectivity index (χ0v) is 14.5. The summed E-state index contributed by atoms with van der Waals surface area (Å²) in [7, 11) is 0. The number of nitrogens with two attached hydrogens (primary N) is 1. The number of nitrogens with zero attached hydrogens (tertiary/aromatic N) is 1. The molecule has 2 rings (SSSR count). The molecule has 1 aromatic heterocycles. The molecule has 0 bridgehead atoms. The molecule has 0 unspecified atom stereocenters. The van der Waals surface area contributed by atoms with Gasteiger partial charge in [0.25, 0.3) is 5.91 Å². The number of ether oxygens (including phenoxy) is 1. The zero-order valence-electron chi connectivity index (χ0n) is 14.5. The molecule has 0 aliphatic carbocycles. The van der Waals surface area contributed by atoms with E-state index in [1.807, 2.05) is 24.3 Å². The summed E-state index contributed by atoms with van der Waals surface area (Å²) in [6, 6.07) is 9.90. The van der Waals surface area contributed by atoms with Gasteiger partial charge < -0.3 is 15.8 Å². The number of carbonyl (C=O) groups excluding carboxylic acids is 1. The Kier molecular flexibility index (Phi) is 7.44. The molecule has 1 amide bonds. The fourth-order valence-electron chi connectivity index (χ4n) is 2.36. The maximum atomic E-state index is 12.9. The van der Waals surface area contributed by atoms with Gasteiger partial charge in [0, 0.05) is 13.0 Å². The monoisotopic (exact) mass is 355 g/mol. The number of halogens is 1. The van der Waals surface area contributed by atoms with E-state index in [2.05, 4.69) is 16.2 Å². The predicted octanol–water partition coefficient (Wildman–Crippen LogP) is 3.31. The van der Waals surface area contributed by atoms with Crippen LogP contribution < -0.4 is 15.8 Å². The van der Waals surface area contributed by atoms with Crippen molar-refractivity contribution in [1.82, 2.24) is 10.3 Å². The van der Waals surface area contributed by atoms with Gasteiger partial charge in [-0.2, -0.15) is 4.39 Å². The van der Waals surface area contributed by atoms with Crippen LogP contribution in [0.2, 0.25) is 0 Å². The van der Waals surface area contributed by atoms with Crippen LogP contribution in [0.25, 0.3) is 0 Å². The maximum absolute atomic E-state index is 12.9. The van der Waals surface area contributed by atoms with Crippen molar-refractivity contribution in [3.8, 4) is 18.1 Å². The molecule has 0 aliphatic heterocycles. The number of nitrogens with one attached hydrogen (secondary N) is 1. The van der Waals surface area contributed by atoms with Gasteiger partial charge in [-0.25, -0.2) is 4.98 Å². The number of rotatable bonds is 9. The lowest BCUT2D eigenvalue weighted by molar-refractivity contribution is 0.0951. The molecule has 0 spiro atoms. The molecule has 2 aromatic rings. The number of hydrogen-bond donors (Lipinski definition) is 2. The smallest absolute Gasteiger partial charge is 0.255 e. The van der Waals surface area contributed by atoms with E-state index in [0.29, 0.717) is 13.2 Å². The minimum Gasteiger partial charge on any atom is -0.494 e. The molecule has 6 heteroatoms. The molecule has 1 aromatic carbocycles. The first-order chi connectivity index (χ1) is 12.6. The summed E-state index contributed by atoms with van der Waals surface area (Å²) in [5.74, 6) is 2.10. The van der Waals surface area contributed by atoms with Gasteiger partial charge in [-0.3, -0.25) is 4.79 Å². The van der Waals surface area contributed by atoms with Crippen molar-refractivity contribution in [2.24, 2.45) is 0 Å². The molecule has 1 heterocycles. The van der Waals surface area contributed by atoms with Gasteiger partial charge in [-0.15, -0.1) is 12.3 Å². The van der Waals surface area contributed by atoms with Crippen LogP contribution in [0.3, 0.4) is 0 Å². The summed E-state index contributed by atoms with van der Waals surface area (Å²) in [5.41, 5.74) is 6.60. The summed E-state index contributed by atoms with van der Waals surface area (Å²) in [6.45, 7) is 0.924. The van der Waals surface area contributed by atoms with Crippen LogP contribution in [-0.4, -0.2) is 17.5 Å². The Bertz CT molecular complexity index is 787. The van der Waals surface area contributed by atoms with Gasteiger partial charge >= 0.3 is 0 Å². The number of benzene rings is 1. The Hall–Kier alpha value is -3.07. The first-order valence-corrected chi connectivity index (χ1v) is 8.45. The first-order valence-electron chi connectivity index (χ1n) is 8.45. The van der Waals surface area contributed by atoms with Crippen LogP contribution in [0.1, 0.15) is 41.6 Å². The Morgan fingerprint density at radius 1 is 1.27 bits per heavy atom. The van der Waals surface area contributed by atoms with E-state index in [1.165, 1.54) is 6.07 Å². The lowest BCUT2D eigenvalue weighted by Gasteiger charge is -2.10. The Morgan fingerprint density at radius 3 is 2.88 bits per heavy atom. The average molecular weight is 355 g/mol. The van der Waals surface area contributed by atoms with E-state index in [1.54, 1.807) is 0 Å². The third-order valence-corrected chi connectivity index (χ3v) is 3.72. The normalized spacial score (nSPS) is 10.2. The highest BCUT2D eigenvalue weighted by atomic mass is 19.1. The van der Waals surface area contributed by atoms with Crippen molar-refractivity contribution < 1.29 is 13.9 Å². The van der Waals surface area contributed by atoms with E-state index < -0.39 is 11.9 Å². The standard InChI is InChI=1S/C20H22FN3O2/c1-2-3-4-5-6-12-26-16-9-7-8-15(13-16)14-23-20(25)17-10-11-18(21)24-19(17)22/h1,7-11,13H,3-6,12,14H2,(H2,22,24)(H,23,25). The van der Waals surface area contributed by atoms with Gasteiger partial charge in [-0.1, -0.05) is 12.1 Å². The summed E-state index contributed by atoms with van der Waals surface area (Å²) in [4.78, 5) is 15.6. The minimum atomic E-state index is -0.719. The molecule has 0 aliphatic rings. The maximum Gasteiger partial charge on any atom is 0.255 e. The summed E-state index contributed by atoms with van der Waals surface area (Å²) < 4.78 is 18.7. The first kappa shape index (κ1) is 19.3. The molecule has 0 atom stereocenters. The van der Waals surface area contributed by atoms with E-state index >= 15 is 0 Å². The zero-order chi connectivity index (χ0) is 18.8. The predicted molar refractivity (Wildman–Crippen MR) is 99.0 cm³/mol. The highest BCUT2D eigenvalue weighted by molar-refractivity contribution is 5.98. The molecule has 0 saturated heterocycles. The van der Waals surface area contributed by atoms with Crippen molar-refractivity contribution in [2.45, 2.75) is 32.2 Å². The van der Waals surface area contributed by atoms with E-state index in [9.17, 15) is 9.18 Å². The Morgan fingerprint density at radius 2 is 2.12 bits per heavy atom. The third-order valence-electron chi connectivity index (χ3n) is 3.72. The number of amides is 1. The fraction of sp³-hybridized carbons (Fsp3) is 0.300. The number of terminal acetylenes is 1. The Balaban J connectivity index is 1.82. The topological polar surface area (TPSA) is 77.2 Å². The number of nitrogen functional groups attached to an aromatic ring is 1. The van der Waals surface area contributed by atoms with Crippen LogP contribution in [0.4, 0.5) is 10.2 Å². The Labute approximate surface area is 152 Å². The second kappa shape index (κ2) is 10.0. The van der Waals surface area contributed by atoms with E-state index in [-0.39, 0.29) is 11.4 Å². The van der Waals surface area contributed by atoms with Crippen LogP contribution in [0.5, 0.6) is 5.75 Å². The molecule has 136 valence electrons. The number of hydrogen-bond acceptors (Lipinski definition) is 4. The summed E-state index contributed by atoms with van der Waals surface area (Å²) in [6.07, 6.45) is 9.00. The molecular weight excluding hydrogens is 333 g/mol. The van der Waals surface area contributed by atoms with Gasteiger partial charge in [0.05, 0.1) is 12.2 Å². The van der Waals surface area contributed by atoms with Crippen LogP contribution in [0.15, 0.2) is 36.4 Å². The van der Waals surface area contributed by atoms with Crippen LogP contribution in [-0.2, 0) is 6.54 Å². The SMILES string of the molecule is C#CCCCCCOc1cccc(CNC(=O)c2ccc(F)nc2N)c1. The molecule has 0 fully saturated rings. The largest absolute Gasteiger partial charge is 0.494 e. The van der Waals surface area contributed by atoms with Gasteiger partial charge in [-0.05, 0) is 49.1 Å². The molecular formula is C20H22FN3O2. The summed E-state index contributed by atoms with van der Waals surface area (Å²) >= 11 is 0. The number of aromatic nitrogens is 1. The fourth-order valence-corrected chi connectivity index (χ4v) is 2.36. The molecule has 5 nitrogen and oxygen atoms in total. The number of carbonyl (C=O) groups is 1. The molecule has 0 radical (unpaired) electrons. The van der Waals surface area contributed by atoms with E-state index in [0.717, 1.165) is 43.1 Å². The highest BCUT2D eigenvalue weighted by Crippen LogP contribution is 2.15. The lowest BCUT2D eigenvalue weighted by Crippen LogP contribution is -2.24. The quantitative estimate of drug-likeness (QED) is 0.411. The second-order valence-electron chi connectivity index (χ2n) is 5.76. The minimum absolute atomic E-state index is 0.135. The number of pyridine rings is 1. The lowest BCUT2D eigenvalue weighted by atomic mass is 10.2. The number of unbranched alkanes of at least 4 members (excludes halogenated alkanes) is 3. The molecule has 3 N–H and O–H groups in total. The third kappa shape index (κ3) is 6.10. The van der Waals surface area contributed by atoms with E-state index in [4.69, 9.17) is 16.9 Å². The highest BCUT2D eigenvalue weighted by Gasteiger charge is 2.11. The van der Waals surface area contributed by atoms with Crippen LogP contribution >= 0.6 is 0 Å². The van der Waals surface area contributed by atoms with Crippen molar-refractivity contribution >= 4 is 11.7 Å². The van der Waals surface area contributed by atoms with Crippen molar-refractivity contribution in [3.05, 3.63) is 53.5 Å². The van der Waals surface area contributed by atoms with Crippen LogP contribution in [0, 0.1) is 18.3 Å². The van der Waals surface area contributed by atoms with Crippen molar-refractivity contribution in [3.63, 3.8) is 0 Å². The van der Waals surface area contributed by atoms with Crippen molar-refractivity contribution in [2.75, 3.05) is 12.3 Å². The van der Waals surface area contributed by atoms with Gasteiger partial charge in [0.2, 0.25) is 5.95 Å². The van der Waals surface area contributed by atoms with Crippen molar-refractivity contribution in [1.29, 1.82) is 0 Å². The van der Waals surface area contributed by atoms with Gasteiger partial charge in [0.15, 0.2) is 0 Å². The second-order valence-corrected chi connectivity index (χ2v) is 5.76. The average Bonchev–Trinajstić information content (AvgIpc) is 2.63. The van der Waals surface area contributed by atoms with Gasteiger partial charge in [0.1, 0.15) is 11.6 Å². The summed E-state index contributed by atoms with van der Waals surface area (Å²) in [5, 5.41) is 2.74. The molecule has 0 saturated carbocycles.